The van der Waals surface area contributed by atoms with Gasteiger partial charge in [0.15, 0.2) is 0 Å². The van der Waals surface area contributed by atoms with Crippen LogP contribution in [0.15, 0.2) is 91.5 Å². The molecule has 6 atom stereocenters. The fourth-order valence-electron chi connectivity index (χ4n) is 7.69. The van der Waals surface area contributed by atoms with Crippen LogP contribution in [0.25, 0.3) is 0 Å². The second-order valence-corrected chi connectivity index (χ2v) is 14.5. The summed E-state index contributed by atoms with van der Waals surface area (Å²) in [5, 5.41) is 19.4. The topological polar surface area (TPSA) is 117 Å². The lowest BCUT2D eigenvalue weighted by Crippen LogP contribution is -2.72. The van der Waals surface area contributed by atoms with Gasteiger partial charge in [0.05, 0.1) is 25.3 Å². The van der Waals surface area contributed by atoms with Gasteiger partial charge in [-0.1, -0.05) is 69.3 Å². The minimum Gasteiger partial charge on any atom is -0.391 e. The summed E-state index contributed by atoms with van der Waals surface area (Å²) in [5.74, 6) is -4.95. The van der Waals surface area contributed by atoms with E-state index >= 15 is 9.18 Å². The van der Waals surface area contributed by atoms with Crippen molar-refractivity contribution >= 4 is 11.7 Å². The fourth-order valence-corrected chi connectivity index (χ4v) is 7.69. The lowest BCUT2D eigenvalue weighted by Gasteiger charge is -2.53. The molecule has 7 rings (SSSR count). The molecule has 14 heteroatoms. The van der Waals surface area contributed by atoms with Gasteiger partial charge in [0, 0.05) is 44.1 Å². The molecule has 2 N–H and O–H groups in total. The van der Waals surface area contributed by atoms with Gasteiger partial charge in [0.25, 0.3) is 0 Å². The Balaban J connectivity index is 1.42. The van der Waals surface area contributed by atoms with E-state index in [2.05, 4.69) is 20.3 Å². The second-order valence-electron chi connectivity index (χ2n) is 14.5. The number of piperazine rings is 1. The van der Waals surface area contributed by atoms with Gasteiger partial charge >= 0.3 is 6.03 Å². The van der Waals surface area contributed by atoms with Crippen LogP contribution in [0.5, 0.6) is 0 Å². The normalized spacial score (nSPS) is 27.8. The van der Waals surface area contributed by atoms with Crippen LogP contribution in [-0.4, -0.2) is 99.7 Å². The van der Waals surface area contributed by atoms with Crippen molar-refractivity contribution in [2.75, 3.05) is 44.8 Å². The van der Waals surface area contributed by atoms with E-state index in [0.717, 1.165) is 17.7 Å². The molecule has 4 aromatic rings. The molecule has 0 saturated carbocycles. The van der Waals surface area contributed by atoms with Crippen molar-refractivity contribution < 1.29 is 32.9 Å². The number of anilines is 1. The highest BCUT2D eigenvalue weighted by molar-refractivity contribution is 5.96. The number of hydrogen-bond donors (Lipinski definition) is 2. The van der Waals surface area contributed by atoms with Crippen LogP contribution in [0.3, 0.4) is 0 Å². The highest BCUT2D eigenvalue weighted by Crippen LogP contribution is 2.49. The van der Waals surface area contributed by atoms with Gasteiger partial charge in [-0.05, 0) is 35.2 Å². The third kappa shape index (κ3) is 6.37. The monoisotopic (exact) mass is 717 g/mol. The van der Waals surface area contributed by atoms with Gasteiger partial charge in [-0.2, -0.15) is 5.10 Å². The zero-order chi connectivity index (χ0) is 36.7. The number of aliphatic hydroxyl groups excluding tert-OH is 1. The first-order chi connectivity index (χ1) is 25.0. The number of rotatable bonds is 10. The van der Waals surface area contributed by atoms with Crippen LogP contribution in [0.1, 0.15) is 37.9 Å². The smallest absolute Gasteiger partial charge is 0.328 e. The van der Waals surface area contributed by atoms with E-state index in [1.807, 2.05) is 81.4 Å². The van der Waals surface area contributed by atoms with Crippen LogP contribution < -0.4 is 10.2 Å². The van der Waals surface area contributed by atoms with Crippen molar-refractivity contribution in [3.05, 3.63) is 114 Å². The van der Waals surface area contributed by atoms with E-state index in [0.29, 0.717) is 25.3 Å². The molecule has 1 aromatic heterocycles. The Morgan fingerprint density at radius 1 is 1.08 bits per heavy atom. The van der Waals surface area contributed by atoms with Gasteiger partial charge in [-0.3, -0.25) is 9.80 Å². The number of nitrogens with zero attached hydrogens (tertiary/aromatic N) is 6. The van der Waals surface area contributed by atoms with Gasteiger partial charge in [-0.15, -0.1) is 0 Å². The SMILES string of the molecule is COC1(N2CCNCC2c2ccccc2)C(C2COC(Cn3cncn3)(c3ccc(F)cc3F)O2)N(c2ccccc2)C(=O)N1CC(O)C(C)(C)C. The molecule has 0 aliphatic carbocycles. The molecule has 0 spiro atoms. The maximum Gasteiger partial charge on any atom is 0.328 e. The Hall–Kier alpha value is -4.31. The number of halogens is 2. The zero-order valence-corrected chi connectivity index (χ0v) is 29.7. The minimum absolute atomic E-state index is 0.0325. The summed E-state index contributed by atoms with van der Waals surface area (Å²) in [4.78, 5) is 24.6. The number of para-hydroxylation sites is 1. The number of amides is 2. The van der Waals surface area contributed by atoms with E-state index < -0.39 is 53.0 Å². The molecule has 2 amide bonds. The second kappa shape index (κ2) is 14.3. The van der Waals surface area contributed by atoms with Crippen LogP contribution >= 0.6 is 0 Å². The molecular formula is C38H45F2N7O5. The number of β-amino-alcohol motifs (C(OH)–C–C–N with tert-alkyl or cyclic N) is 1. The van der Waals surface area contributed by atoms with Crippen LogP contribution in [0.2, 0.25) is 0 Å². The van der Waals surface area contributed by atoms with Crippen LogP contribution in [0, 0.1) is 17.0 Å². The summed E-state index contributed by atoms with van der Waals surface area (Å²) in [7, 11) is 1.56. The standard InChI is InChI=1S/C38H45F2N7O5/c1-36(2,3)33(48)21-46-35(49)47(28-13-9-6-10-14-28)34(38(46,50-4)45-18-17-41-20-31(45)26-11-7-5-8-12-26)32-22-51-37(52-32,23-44-25-42-24-43-44)29-16-15-27(39)19-30(29)40/h5-16,19,24-25,31-34,41,48H,17-18,20-23H2,1-4H3. The fraction of sp³-hybridized carbons (Fsp3) is 0.447. The largest absolute Gasteiger partial charge is 0.391 e. The summed E-state index contributed by atoms with van der Waals surface area (Å²) in [6, 6.07) is 20.8. The van der Waals surface area contributed by atoms with Crippen molar-refractivity contribution in [3.63, 3.8) is 0 Å². The first-order valence-corrected chi connectivity index (χ1v) is 17.5. The average molecular weight is 718 g/mol. The number of hydrogen-bond acceptors (Lipinski definition) is 9. The van der Waals surface area contributed by atoms with Crippen molar-refractivity contribution in [2.24, 2.45) is 5.41 Å². The maximum absolute atomic E-state index is 15.8. The number of urea groups is 1. The number of aliphatic hydroxyl groups is 1. The summed E-state index contributed by atoms with van der Waals surface area (Å²) < 4.78 is 51.7. The number of nitrogens with one attached hydrogen (secondary N) is 1. The molecule has 3 fully saturated rings. The van der Waals surface area contributed by atoms with Gasteiger partial charge in [0.2, 0.25) is 11.6 Å². The molecule has 3 aliphatic heterocycles. The molecule has 4 heterocycles. The number of benzene rings is 3. The van der Waals surface area contributed by atoms with E-state index in [1.54, 1.807) is 16.9 Å². The van der Waals surface area contributed by atoms with Crippen LogP contribution in [0.4, 0.5) is 19.3 Å². The molecule has 6 unspecified atom stereocenters. The highest BCUT2D eigenvalue weighted by atomic mass is 19.1. The molecule has 3 saturated heterocycles. The Kier molecular flexibility index (Phi) is 9.89. The number of methoxy groups -OCH3 is 1. The summed E-state index contributed by atoms with van der Waals surface area (Å²) in [6.45, 7) is 7.07. The molecule has 0 radical (unpaired) electrons. The summed E-state index contributed by atoms with van der Waals surface area (Å²) >= 11 is 0. The molecule has 3 aliphatic rings. The highest BCUT2D eigenvalue weighted by Gasteiger charge is 2.68. The Bertz CT molecular complexity index is 1830. The minimum atomic E-state index is -1.79. The number of aromatic nitrogens is 3. The van der Waals surface area contributed by atoms with E-state index in [-0.39, 0.29) is 31.3 Å². The van der Waals surface area contributed by atoms with Gasteiger partial charge < -0.3 is 24.6 Å². The quantitative estimate of drug-likeness (QED) is 0.245. The van der Waals surface area contributed by atoms with E-state index in [4.69, 9.17) is 14.2 Å². The Morgan fingerprint density at radius 3 is 2.46 bits per heavy atom. The Labute approximate surface area is 301 Å². The Morgan fingerprint density at radius 2 is 1.81 bits per heavy atom. The third-order valence-electron chi connectivity index (χ3n) is 10.4. The molecule has 0 bridgehead atoms. The number of ether oxygens (including phenoxy) is 3. The predicted molar refractivity (Wildman–Crippen MR) is 188 cm³/mol. The first-order valence-electron chi connectivity index (χ1n) is 17.5. The van der Waals surface area contributed by atoms with E-state index in [1.165, 1.54) is 23.4 Å². The lowest BCUT2D eigenvalue weighted by molar-refractivity contribution is -0.256. The zero-order valence-electron chi connectivity index (χ0n) is 29.7. The molecule has 52 heavy (non-hydrogen) atoms. The summed E-state index contributed by atoms with van der Waals surface area (Å²) in [5.41, 5.74) is 0.958. The van der Waals surface area contributed by atoms with Crippen molar-refractivity contribution in [2.45, 2.75) is 63.2 Å². The molecular weight excluding hydrogens is 672 g/mol. The molecule has 3 aromatic carbocycles. The average Bonchev–Trinajstić information content (AvgIpc) is 3.87. The maximum atomic E-state index is 15.8. The van der Waals surface area contributed by atoms with Crippen LogP contribution in [-0.2, 0) is 26.5 Å². The van der Waals surface area contributed by atoms with Crippen molar-refractivity contribution in [1.82, 2.24) is 29.9 Å². The summed E-state index contributed by atoms with van der Waals surface area (Å²) in [6.07, 6.45) is 0.913. The molecule has 12 nitrogen and oxygen atoms in total. The van der Waals surface area contributed by atoms with Crippen molar-refractivity contribution in [3.8, 4) is 0 Å². The number of carbonyl (C=O) groups excluding carboxylic acids is 1. The predicted octanol–water partition coefficient (Wildman–Crippen LogP) is 4.49. The first kappa shape index (κ1) is 36.1. The number of carbonyl (C=O) groups is 1. The van der Waals surface area contributed by atoms with E-state index in [9.17, 15) is 9.50 Å². The van der Waals surface area contributed by atoms with Gasteiger partial charge in [0.1, 0.15) is 43.0 Å². The lowest BCUT2D eigenvalue weighted by atomic mass is 9.88. The van der Waals surface area contributed by atoms with Crippen molar-refractivity contribution in [1.29, 1.82) is 0 Å². The van der Waals surface area contributed by atoms with Gasteiger partial charge in [-0.25, -0.2) is 28.1 Å². The third-order valence-corrected chi connectivity index (χ3v) is 10.4. The molecule has 276 valence electrons.